The van der Waals surface area contributed by atoms with Gasteiger partial charge in [-0.2, -0.15) is 0 Å². The van der Waals surface area contributed by atoms with Crippen LogP contribution in [0.2, 0.25) is 0 Å². The van der Waals surface area contributed by atoms with Crippen LogP contribution >= 0.6 is 0 Å². The second-order valence-corrected chi connectivity index (χ2v) is 6.13. The maximum Gasteiger partial charge on any atom is 0.292 e. The highest BCUT2D eigenvalue weighted by Gasteiger charge is 2.19. The molecule has 0 amide bonds. The summed E-state index contributed by atoms with van der Waals surface area (Å²) in [5, 5.41) is 14.3. The normalized spacial score (nSPS) is 22.5. The monoisotopic (exact) mass is 276 g/mol. The molecule has 0 heterocycles. The van der Waals surface area contributed by atoms with Crippen molar-refractivity contribution in [2.24, 2.45) is 11.8 Å². The third-order valence-electron chi connectivity index (χ3n) is 4.26. The van der Waals surface area contributed by atoms with Crippen LogP contribution < -0.4 is 5.32 Å². The summed E-state index contributed by atoms with van der Waals surface area (Å²) >= 11 is 0. The summed E-state index contributed by atoms with van der Waals surface area (Å²) in [7, 11) is 0. The minimum Gasteiger partial charge on any atom is -0.379 e. The molecule has 2 rings (SSSR count). The van der Waals surface area contributed by atoms with E-state index in [1.165, 1.54) is 25.7 Å². The molecular formula is C16H24N2O2. The van der Waals surface area contributed by atoms with Crippen molar-refractivity contribution in [2.45, 2.75) is 46.0 Å². The predicted octanol–water partition coefficient (Wildman–Crippen LogP) is 4.53. The lowest BCUT2D eigenvalue weighted by molar-refractivity contribution is -0.384. The number of benzene rings is 1. The zero-order chi connectivity index (χ0) is 14.5. The van der Waals surface area contributed by atoms with Gasteiger partial charge < -0.3 is 5.32 Å². The molecule has 0 aliphatic heterocycles. The first-order chi connectivity index (χ1) is 9.56. The summed E-state index contributed by atoms with van der Waals surface area (Å²) < 4.78 is 0. The second kappa shape index (κ2) is 6.73. The van der Waals surface area contributed by atoms with E-state index in [-0.39, 0.29) is 10.6 Å². The zero-order valence-corrected chi connectivity index (χ0v) is 12.4. The van der Waals surface area contributed by atoms with Gasteiger partial charge in [0.15, 0.2) is 0 Å². The van der Waals surface area contributed by atoms with Gasteiger partial charge in [0.1, 0.15) is 5.69 Å². The Morgan fingerprint density at radius 3 is 2.90 bits per heavy atom. The number of hydrogen-bond donors (Lipinski definition) is 1. The highest BCUT2D eigenvalue weighted by molar-refractivity contribution is 5.62. The molecule has 0 saturated heterocycles. The smallest absolute Gasteiger partial charge is 0.292 e. The topological polar surface area (TPSA) is 55.2 Å². The van der Waals surface area contributed by atoms with E-state index < -0.39 is 0 Å². The van der Waals surface area contributed by atoms with E-state index >= 15 is 0 Å². The number of nitro groups is 1. The Balaban J connectivity index is 1.89. The highest BCUT2D eigenvalue weighted by Crippen LogP contribution is 2.31. The first-order valence-corrected chi connectivity index (χ1v) is 7.55. The molecule has 2 atom stereocenters. The fraction of sp³-hybridized carbons (Fsp3) is 0.625. The quantitative estimate of drug-likeness (QED) is 0.635. The largest absolute Gasteiger partial charge is 0.379 e. The molecule has 0 spiro atoms. The maximum atomic E-state index is 11.0. The summed E-state index contributed by atoms with van der Waals surface area (Å²) in [5.74, 6) is 1.61. The molecule has 1 N–H and O–H groups in total. The number of nitrogens with zero attached hydrogens (tertiary/aromatic N) is 1. The minimum absolute atomic E-state index is 0.182. The molecule has 110 valence electrons. The van der Waals surface area contributed by atoms with Crippen molar-refractivity contribution >= 4 is 11.4 Å². The Morgan fingerprint density at radius 1 is 1.40 bits per heavy atom. The van der Waals surface area contributed by atoms with E-state index in [1.807, 2.05) is 19.1 Å². The minimum atomic E-state index is -0.308. The molecule has 4 nitrogen and oxygen atoms in total. The summed E-state index contributed by atoms with van der Waals surface area (Å²) in [5.41, 5.74) is 1.75. The zero-order valence-electron chi connectivity index (χ0n) is 12.4. The average Bonchev–Trinajstić information content (AvgIpc) is 2.40. The van der Waals surface area contributed by atoms with E-state index in [2.05, 4.69) is 12.2 Å². The Hall–Kier alpha value is -1.58. The molecule has 1 aliphatic carbocycles. The van der Waals surface area contributed by atoms with Crippen molar-refractivity contribution in [2.75, 3.05) is 11.9 Å². The van der Waals surface area contributed by atoms with Gasteiger partial charge in [0.25, 0.3) is 5.69 Å². The Bertz CT molecular complexity index is 474. The van der Waals surface area contributed by atoms with E-state index in [0.717, 1.165) is 30.4 Å². The molecule has 20 heavy (non-hydrogen) atoms. The van der Waals surface area contributed by atoms with E-state index in [1.54, 1.807) is 6.07 Å². The van der Waals surface area contributed by atoms with E-state index in [9.17, 15) is 10.1 Å². The van der Waals surface area contributed by atoms with Crippen molar-refractivity contribution in [3.8, 4) is 0 Å². The second-order valence-electron chi connectivity index (χ2n) is 6.13. The number of hydrogen-bond acceptors (Lipinski definition) is 3. The van der Waals surface area contributed by atoms with Crippen LogP contribution in [0.3, 0.4) is 0 Å². The number of rotatable bonds is 5. The van der Waals surface area contributed by atoms with E-state index in [0.29, 0.717) is 5.69 Å². The molecule has 1 aromatic carbocycles. The van der Waals surface area contributed by atoms with Gasteiger partial charge in [-0.15, -0.1) is 0 Å². The van der Waals surface area contributed by atoms with E-state index in [4.69, 9.17) is 0 Å². The van der Waals surface area contributed by atoms with Crippen LogP contribution in [0.25, 0.3) is 0 Å². The van der Waals surface area contributed by atoms with Gasteiger partial charge in [-0.05, 0) is 43.2 Å². The third kappa shape index (κ3) is 3.95. The molecule has 0 aromatic heterocycles. The lowest BCUT2D eigenvalue weighted by Gasteiger charge is -2.26. The predicted molar refractivity (Wildman–Crippen MR) is 82.1 cm³/mol. The molecule has 1 aromatic rings. The molecule has 0 radical (unpaired) electrons. The molecule has 1 saturated carbocycles. The number of nitrogens with one attached hydrogen (secondary N) is 1. The van der Waals surface area contributed by atoms with Crippen molar-refractivity contribution in [1.82, 2.24) is 0 Å². The van der Waals surface area contributed by atoms with Crippen molar-refractivity contribution in [3.05, 3.63) is 33.9 Å². The van der Waals surface area contributed by atoms with Gasteiger partial charge in [0.05, 0.1) is 4.92 Å². The van der Waals surface area contributed by atoms with Crippen LogP contribution in [0.15, 0.2) is 18.2 Å². The van der Waals surface area contributed by atoms with Gasteiger partial charge in [0.2, 0.25) is 0 Å². The van der Waals surface area contributed by atoms with Crippen molar-refractivity contribution < 1.29 is 4.92 Å². The standard InChI is InChI=1S/C16H24N2O2/c1-12-4-3-5-14(10-12)8-9-17-15-7-6-13(2)11-16(15)18(19)20/h6-7,11-12,14,17H,3-5,8-10H2,1-2H3. The summed E-state index contributed by atoms with van der Waals surface area (Å²) in [6, 6.07) is 5.36. The first kappa shape index (κ1) is 14.8. The SMILES string of the molecule is Cc1ccc(NCCC2CCCC(C)C2)c([N+](=O)[O-])c1. The fourth-order valence-electron chi connectivity index (χ4n) is 3.18. The highest BCUT2D eigenvalue weighted by atomic mass is 16.6. The molecule has 4 heteroatoms. The molecular weight excluding hydrogens is 252 g/mol. The number of nitro benzene ring substituents is 1. The third-order valence-corrected chi connectivity index (χ3v) is 4.26. The Morgan fingerprint density at radius 2 is 2.20 bits per heavy atom. The number of aryl methyl sites for hydroxylation is 1. The van der Waals surface area contributed by atoms with Crippen LogP contribution in [0, 0.1) is 28.9 Å². The van der Waals surface area contributed by atoms with Crippen LogP contribution in [0.4, 0.5) is 11.4 Å². The molecule has 2 unspecified atom stereocenters. The number of anilines is 1. The lowest BCUT2D eigenvalue weighted by Crippen LogP contribution is -2.16. The molecule has 1 aliphatic rings. The van der Waals surface area contributed by atoms with Crippen molar-refractivity contribution in [1.29, 1.82) is 0 Å². The fourth-order valence-corrected chi connectivity index (χ4v) is 3.18. The van der Waals surface area contributed by atoms with Gasteiger partial charge in [0, 0.05) is 12.6 Å². The summed E-state index contributed by atoms with van der Waals surface area (Å²) in [4.78, 5) is 10.7. The first-order valence-electron chi connectivity index (χ1n) is 7.55. The Kier molecular flexibility index (Phi) is 4.99. The average molecular weight is 276 g/mol. The van der Waals surface area contributed by atoms with Gasteiger partial charge in [-0.1, -0.05) is 32.3 Å². The summed E-state index contributed by atoms with van der Waals surface area (Å²) in [6.07, 6.45) is 6.40. The van der Waals surface area contributed by atoms with Crippen molar-refractivity contribution in [3.63, 3.8) is 0 Å². The van der Waals surface area contributed by atoms with Crippen LogP contribution in [-0.4, -0.2) is 11.5 Å². The van der Waals surface area contributed by atoms with Crippen LogP contribution in [0.5, 0.6) is 0 Å². The Labute approximate surface area is 120 Å². The summed E-state index contributed by atoms with van der Waals surface area (Å²) in [6.45, 7) is 5.02. The van der Waals surface area contributed by atoms with Crippen LogP contribution in [-0.2, 0) is 0 Å². The molecule has 1 fully saturated rings. The molecule has 0 bridgehead atoms. The maximum absolute atomic E-state index is 11.0. The van der Waals surface area contributed by atoms with Gasteiger partial charge >= 0.3 is 0 Å². The van der Waals surface area contributed by atoms with Crippen LogP contribution in [0.1, 0.15) is 44.6 Å². The van der Waals surface area contributed by atoms with Gasteiger partial charge in [-0.3, -0.25) is 10.1 Å². The lowest BCUT2D eigenvalue weighted by atomic mass is 9.81. The van der Waals surface area contributed by atoms with Gasteiger partial charge in [-0.25, -0.2) is 0 Å².